The van der Waals surface area contributed by atoms with Crippen molar-refractivity contribution < 1.29 is 0 Å². The molecule has 100 valence electrons. The van der Waals surface area contributed by atoms with Crippen LogP contribution in [0.4, 0.5) is 0 Å². The Hall–Kier alpha value is -1.99. The summed E-state index contributed by atoms with van der Waals surface area (Å²) in [5.74, 6) is 0. The Bertz CT molecular complexity index is 630. The maximum Gasteiger partial charge on any atom is 0.00399 e. The summed E-state index contributed by atoms with van der Waals surface area (Å²) in [5, 5.41) is 0. The Morgan fingerprint density at radius 1 is 0.600 bits per heavy atom. The zero-order chi connectivity index (χ0) is 14.2. The Balaban J connectivity index is 0.000000178. The van der Waals surface area contributed by atoms with E-state index in [0.29, 0.717) is 0 Å². The number of aryl methyl sites for hydroxylation is 1. The molecule has 0 radical (unpaired) electrons. The lowest BCUT2D eigenvalue weighted by atomic mass is 10.0. The summed E-state index contributed by atoms with van der Waals surface area (Å²) < 4.78 is 0. The highest BCUT2D eigenvalue weighted by Crippen LogP contribution is 2.21. The van der Waals surface area contributed by atoms with Gasteiger partial charge in [0.15, 0.2) is 0 Å². The van der Waals surface area contributed by atoms with E-state index in [1.165, 1.54) is 16.7 Å². The molecule has 0 spiro atoms. The highest BCUT2D eigenvalue weighted by Gasteiger charge is 1.97. The van der Waals surface area contributed by atoms with Crippen molar-refractivity contribution >= 4 is 12.6 Å². The predicted molar refractivity (Wildman–Crippen MR) is 90.3 cm³/mol. The van der Waals surface area contributed by atoms with Crippen LogP contribution in [0.2, 0.25) is 0 Å². The van der Waals surface area contributed by atoms with Gasteiger partial charge >= 0.3 is 0 Å². The lowest BCUT2D eigenvalue weighted by molar-refractivity contribution is 1.46. The summed E-state index contributed by atoms with van der Waals surface area (Å²) >= 11 is 4.08. The molecular formula is C19H18S. The molecule has 0 bridgehead atoms. The van der Waals surface area contributed by atoms with Crippen LogP contribution in [0.15, 0.2) is 89.8 Å². The molecule has 0 nitrogen and oxygen atoms in total. The van der Waals surface area contributed by atoms with Crippen molar-refractivity contribution in [2.75, 3.05) is 0 Å². The molecule has 0 fully saturated rings. The van der Waals surface area contributed by atoms with Crippen LogP contribution in [-0.2, 0) is 0 Å². The number of thiol groups is 1. The molecule has 0 aliphatic carbocycles. The molecule has 0 amide bonds. The van der Waals surface area contributed by atoms with Crippen molar-refractivity contribution in [1.29, 1.82) is 0 Å². The van der Waals surface area contributed by atoms with Gasteiger partial charge in [0.05, 0.1) is 0 Å². The third-order valence-electron chi connectivity index (χ3n) is 2.99. The van der Waals surface area contributed by atoms with E-state index < -0.39 is 0 Å². The van der Waals surface area contributed by atoms with Gasteiger partial charge in [0.25, 0.3) is 0 Å². The van der Waals surface area contributed by atoms with Gasteiger partial charge in [-0.3, -0.25) is 0 Å². The first-order valence-electron chi connectivity index (χ1n) is 6.62. The van der Waals surface area contributed by atoms with Crippen LogP contribution < -0.4 is 0 Å². The van der Waals surface area contributed by atoms with Crippen molar-refractivity contribution in [3.8, 4) is 11.1 Å². The molecule has 0 atom stereocenters. The topological polar surface area (TPSA) is 0 Å². The summed E-state index contributed by atoms with van der Waals surface area (Å²) in [6.45, 7) is 2.14. The van der Waals surface area contributed by atoms with Crippen LogP contribution in [0.25, 0.3) is 11.1 Å². The van der Waals surface area contributed by atoms with Crippen molar-refractivity contribution in [3.05, 3.63) is 90.5 Å². The van der Waals surface area contributed by atoms with E-state index in [1.807, 2.05) is 36.4 Å². The molecule has 0 unspecified atom stereocenters. The molecule has 3 rings (SSSR count). The predicted octanol–water partition coefficient (Wildman–Crippen LogP) is 5.64. The van der Waals surface area contributed by atoms with Crippen molar-refractivity contribution in [2.45, 2.75) is 11.8 Å². The lowest BCUT2D eigenvalue weighted by Gasteiger charge is -2.04. The zero-order valence-corrected chi connectivity index (χ0v) is 12.4. The molecular weight excluding hydrogens is 260 g/mol. The van der Waals surface area contributed by atoms with Crippen LogP contribution in [-0.4, -0.2) is 0 Å². The maximum atomic E-state index is 4.08. The van der Waals surface area contributed by atoms with E-state index in [2.05, 4.69) is 68.1 Å². The van der Waals surface area contributed by atoms with Crippen molar-refractivity contribution in [3.63, 3.8) is 0 Å². The third kappa shape index (κ3) is 4.29. The minimum absolute atomic E-state index is 1.02. The molecule has 1 heteroatoms. The minimum atomic E-state index is 1.02. The molecule has 0 aromatic heterocycles. The van der Waals surface area contributed by atoms with Gasteiger partial charge in [-0.15, -0.1) is 12.6 Å². The monoisotopic (exact) mass is 278 g/mol. The average molecular weight is 278 g/mol. The number of rotatable bonds is 1. The molecule has 0 N–H and O–H groups in total. The second-order valence-corrected chi connectivity index (χ2v) is 5.03. The molecule has 3 aromatic rings. The van der Waals surface area contributed by atoms with E-state index in [4.69, 9.17) is 0 Å². The quantitative estimate of drug-likeness (QED) is 0.547. The molecule has 0 aliphatic heterocycles. The smallest absolute Gasteiger partial charge is 0.00399 e. The molecule has 0 aliphatic rings. The van der Waals surface area contributed by atoms with Crippen molar-refractivity contribution in [1.82, 2.24) is 0 Å². The molecule has 0 saturated heterocycles. The summed E-state index contributed by atoms with van der Waals surface area (Å²) in [4.78, 5) is 1.02. The number of hydrogen-bond acceptors (Lipinski definition) is 1. The van der Waals surface area contributed by atoms with E-state index in [0.717, 1.165) is 4.90 Å². The summed E-state index contributed by atoms with van der Waals surface area (Å²) in [6, 6.07) is 28.7. The Labute approximate surface area is 126 Å². The lowest BCUT2D eigenvalue weighted by Crippen LogP contribution is -1.80. The van der Waals surface area contributed by atoms with Gasteiger partial charge in [0.2, 0.25) is 0 Å². The first kappa shape index (κ1) is 14.4. The van der Waals surface area contributed by atoms with Gasteiger partial charge in [-0.1, -0.05) is 72.8 Å². The highest BCUT2D eigenvalue weighted by molar-refractivity contribution is 7.80. The van der Waals surface area contributed by atoms with Gasteiger partial charge in [-0.25, -0.2) is 0 Å². The number of hydrogen-bond donors (Lipinski definition) is 1. The van der Waals surface area contributed by atoms with E-state index >= 15 is 0 Å². The van der Waals surface area contributed by atoms with Crippen LogP contribution in [0.5, 0.6) is 0 Å². The second-order valence-electron chi connectivity index (χ2n) is 4.52. The Morgan fingerprint density at radius 3 is 1.60 bits per heavy atom. The first-order valence-corrected chi connectivity index (χ1v) is 7.07. The second kappa shape index (κ2) is 7.56. The highest BCUT2D eigenvalue weighted by atomic mass is 32.1. The summed E-state index contributed by atoms with van der Waals surface area (Å²) in [5.41, 5.74) is 3.94. The summed E-state index contributed by atoms with van der Waals surface area (Å²) in [7, 11) is 0. The zero-order valence-electron chi connectivity index (χ0n) is 11.5. The van der Waals surface area contributed by atoms with Crippen LogP contribution in [0, 0.1) is 6.92 Å². The van der Waals surface area contributed by atoms with Gasteiger partial charge in [-0.05, 0) is 35.7 Å². The summed E-state index contributed by atoms with van der Waals surface area (Å²) in [6.07, 6.45) is 0. The molecule has 0 heterocycles. The van der Waals surface area contributed by atoms with E-state index in [9.17, 15) is 0 Å². The molecule has 3 aromatic carbocycles. The first-order chi connectivity index (χ1) is 9.77. The van der Waals surface area contributed by atoms with Gasteiger partial charge in [0.1, 0.15) is 0 Å². The normalized spacial score (nSPS) is 9.50. The Morgan fingerprint density at radius 2 is 1.10 bits per heavy atom. The fourth-order valence-corrected chi connectivity index (χ4v) is 2.11. The number of benzene rings is 3. The van der Waals surface area contributed by atoms with Gasteiger partial charge in [0, 0.05) is 4.90 Å². The van der Waals surface area contributed by atoms with Crippen LogP contribution in [0.1, 0.15) is 5.56 Å². The average Bonchev–Trinajstić information content (AvgIpc) is 2.50. The largest absolute Gasteiger partial charge is 0.143 e. The van der Waals surface area contributed by atoms with E-state index in [-0.39, 0.29) is 0 Å². The fourth-order valence-electron chi connectivity index (χ4n) is 1.94. The van der Waals surface area contributed by atoms with Gasteiger partial charge < -0.3 is 0 Å². The molecule has 20 heavy (non-hydrogen) atoms. The molecule has 0 saturated carbocycles. The standard InChI is InChI=1S/C13H12.C6H6S/c1-11-7-5-6-10-13(11)12-8-3-2-4-9-12;7-6-4-2-1-3-5-6/h2-10H,1H3;1-5,7H. The van der Waals surface area contributed by atoms with E-state index in [1.54, 1.807) is 0 Å². The fraction of sp³-hybridized carbons (Fsp3) is 0.0526. The van der Waals surface area contributed by atoms with Crippen LogP contribution >= 0.6 is 12.6 Å². The van der Waals surface area contributed by atoms with Gasteiger partial charge in [-0.2, -0.15) is 0 Å². The third-order valence-corrected chi connectivity index (χ3v) is 3.28. The van der Waals surface area contributed by atoms with Crippen LogP contribution in [0.3, 0.4) is 0 Å². The SMILES string of the molecule is Cc1ccccc1-c1ccccc1.Sc1ccccc1. The minimum Gasteiger partial charge on any atom is -0.143 e. The Kier molecular flexibility index (Phi) is 5.45. The maximum absolute atomic E-state index is 4.08. The van der Waals surface area contributed by atoms with Crippen molar-refractivity contribution in [2.24, 2.45) is 0 Å².